The van der Waals surface area contributed by atoms with Crippen LogP contribution in [0.4, 0.5) is 0 Å². The van der Waals surface area contributed by atoms with Gasteiger partial charge >= 0.3 is 0 Å². The van der Waals surface area contributed by atoms with E-state index in [1.165, 1.54) is 11.1 Å². The molecule has 3 aromatic carbocycles. The van der Waals surface area contributed by atoms with Gasteiger partial charge in [-0.05, 0) is 34.9 Å². The number of nitrogens with zero attached hydrogens (tertiary/aromatic N) is 3. The Morgan fingerprint density at radius 1 is 0.875 bits per heavy atom. The lowest BCUT2D eigenvalue weighted by molar-refractivity contribution is 0.0401. The summed E-state index contributed by atoms with van der Waals surface area (Å²) in [7, 11) is 1.63. The van der Waals surface area contributed by atoms with Gasteiger partial charge in [0.15, 0.2) is 5.76 Å². The van der Waals surface area contributed by atoms with Gasteiger partial charge in [0.2, 0.25) is 0 Å². The summed E-state index contributed by atoms with van der Waals surface area (Å²) in [5.41, 5.74) is 4.40. The van der Waals surface area contributed by atoms with Crippen molar-refractivity contribution in [2.75, 3.05) is 46.4 Å². The number of aromatic nitrogens is 1. The van der Waals surface area contributed by atoms with Crippen molar-refractivity contribution in [2.24, 2.45) is 0 Å². The lowest BCUT2D eigenvalue weighted by Gasteiger charge is -2.40. The van der Waals surface area contributed by atoms with E-state index in [0.717, 1.165) is 43.2 Å². The molecule has 40 heavy (non-hydrogen) atoms. The zero-order chi connectivity index (χ0) is 27.6. The predicted octanol–water partition coefficient (Wildman–Crippen LogP) is 5.14. The molecule has 0 radical (unpaired) electrons. The van der Waals surface area contributed by atoms with Crippen molar-refractivity contribution >= 4 is 12.2 Å². The molecule has 1 aromatic heterocycles. The zero-order valence-corrected chi connectivity index (χ0v) is 22.9. The molecule has 1 saturated heterocycles. The number of hydrogen-bond donors (Lipinski definition) is 1. The Kier molecular flexibility index (Phi) is 9.77. The van der Waals surface area contributed by atoms with E-state index in [4.69, 9.17) is 14.0 Å². The normalized spacial score (nSPS) is 15.6. The second-order valence-electron chi connectivity index (χ2n) is 10.1. The van der Waals surface area contributed by atoms with Crippen LogP contribution in [0.15, 0.2) is 95.5 Å². The lowest BCUT2D eigenvalue weighted by atomic mass is 9.96. The highest BCUT2D eigenvalue weighted by Crippen LogP contribution is 2.29. The lowest BCUT2D eigenvalue weighted by Crippen LogP contribution is -2.50. The monoisotopic (exact) mass is 539 g/mol. The molecule has 0 spiro atoms. The summed E-state index contributed by atoms with van der Waals surface area (Å²) in [6.07, 6.45) is 3.26. The SMILES string of the molecule is COCc1cc(C=Cc2ccc(OCC(O)CN3CCN(C(c4ccccc4)c4ccccc4)CC3)cc2)on1. The van der Waals surface area contributed by atoms with E-state index >= 15 is 0 Å². The standard InChI is InChI=1S/C33H37N3O4/c1-38-24-29-22-32(40-34-29)17-14-26-12-15-31(16-13-26)39-25-30(37)23-35-18-20-36(21-19-35)33(27-8-4-2-5-9-27)28-10-6-3-7-11-28/h2-17,22,30,33,37H,18-21,23-25H2,1H3. The molecule has 1 atom stereocenters. The predicted molar refractivity (Wildman–Crippen MR) is 157 cm³/mol. The largest absolute Gasteiger partial charge is 0.491 e. The molecule has 1 N–H and O–H groups in total. The number of ether oxygens (including phenoxy) is 2. The molecule has 208 valence electrons. The molecular weight excluding hydrogens is 502 g/mol. The van der Waals surface area contributed by atoms with Gasteiger partial charge in [-0.25, -0.2) is 0 Å². The molecular formula is C33H37N3O4. The fourth-order valence-electron chi connectivity index (χ4n) is 5.11. The smallest absolute Gasteiger partial charge is 0.160 e. The van der Waals surface area contributed by atoms with Crippen LogP contribution in [-0.2, 0) is 11.3 Å². The molecule has 1 unspecified atom stereocenters. The number of benzene rings is 3. The third-order valence-corrected chi connectivity index (χ3v) is 7.10. The molecule has 0 saturated carbocycles. The molecule has 1 fully saturated rings. The van der Waals surface area contributed by atoms with Crippen LogP contribution < -0.4 is 4.74 Å². The van der Waals surface area contributed by atoms with Crippen molar-refractivity contribution in [3.8, 4) is 5.75 Å². The summed E-state index contributed by atoms with van der Waals surface area (Å²) >= 11 is 0. The van der Waals surface area contributed by atoms with Crippen LogP contribution >= 0.6 is 0 Å². The highest BCUT2D eigenvalue weighted by molar-refractivity contribution is 5.67. The van der Waals surface area contributed by atoms with Crippen LogP contribution in [0.25, 0.3) is 12.2 Å². The topological polar surface area (TPSA) is 71.2 Å². The van der Waals surface area contributed by atoms with Crippen molar-refractivity contribution in [1.82, 2.24) is 15.0 Å². The number of aliphatic hydroxyl groups excluding tert-OH is 1. The Hall–Kier alpha value is -3.75. The van der Waals surface area contributed by atoms with E-state index in [2.05, 4.69) is 75.6 Å². The summed E-state index contributed by atoms with van der Waals surface area (Å²) < 4.78 is 16.2. The third-order valence-electron chi connectivity index (χ3n) is 7.10. The highest BCUT2D eigenvalue weighted by atomic mass is 16.5. The summed E-state index contributed by atoms with van der Waals surface area (Å²) in [6, 6.07) is 31.3. The first-order chi connectivity index (χ1) is 19.7. The molecule has 0 bridgehead atoms. The Labute approximate surface area is 236 Å². The number of β-amino-alcohol motifs (C(OH)–C–C–N with tert-alkyl or cyclic N) is 1. The molecule has 1 aliphatic heterocycles. The summed E-state index contributed by atoms with van der Waals surface area (Å²) in [4.78, 5) is 4.87. The Morgan fingerprint density at radius 3 is 2.15 bits per heavy atom. The van der Waals surface area contributed by atoms with Gasteiger partial charge in [-0.2, -0.15) is 0 Å². The first-order valence-electron chi connectivity index (χ1n) is 13.8. The maximum absolute atomic E-state index is 10.7. The summed E-state index contributed by atoms with van der Waals surface area (Å²) in [5, 5.41) is 14.6. The van der Waals surface area contributed by atoms with Crippen LogP contribution in [0.2, 0.25) is 0 Å². The molecule has 1 aliphatic rings. The van der Waals surface area contributed by atoms with Gasteiger partial charge in [0.25, 0.3) is 0 Å². The van der Waals surface area contributed by atoms with Crippen LogP contribution in [0.1, 0.15) is 34.2 Å². The number of piperazine rings is 1. The maximum Gasteiger partial charge on any atom is 0.160 e. The van der Waals surface area contributed by atoms with Gasteiger partial charge in [0.1, 0.15) is 24.2 Å². The molecule has 5 rings (SSSR count). The summed E-state index contributed by atoms with van der Waals surface area (Å²) in [6.45, 7) is 4.98. The van der Waals surface area contributed by atoms with Crippen molar-refractivity contribution in [1.29, 1.82) is 0 Å². The number of methoxy groups -OCH3 is 1. The first-order valence-corrected chi connectivity index (χ1v) is 13.8. The molecule has 7 heteroatoms. The van der Waals surface area contributed by atoms with Crippen molar-refractivity contribution in [3.05, 3.63) is 119 Å². The molecule has 0 aliphatic carbocycles. The molecule has 4 aromatic rings. The van der Waals surface area contributed by atoms with E-state index in [1.54, 1.807) is 7.11 Å². The maximum atomic E-state index is 10.7. The minimum absolute atomic E-state index is 0.236. The Bertz CT molecular complexity index is 1280. The van der Waals surface area contributed by atoms with E-state index in [1.807, 2.05) is 42.5 Å². The second-order valence-corrected chi connectivity index (χ2v) is 10.1. The van der Waals surface area contributed by atoms with Gasteiger partial charge in [-0.15, -0.1) is 0 Å². The fourth-order valence-corrected chi connectivity index (χ4v) is 5.11. The molecule has 7 nitrogen and oxygen atoms in total. The van der Waals surface area contributed by atoms with Crippen molar-refractivity contribution in [3.63, 3.8) is 0 Å². The average Bonchev–Trinajstić information content (AvgIpc) is 3.45. The van der Waals surface area contributed by atoms with Gasteiger partial charge in [0, 0.05) is 45.9 Å². The van der Waals surface area contributed by atoms with E-state index in [9.17, 15) is 5.11 Å². The van der Waals surface area contributed by atoms with Crippen LogP contribution in [0, 0.1) is 0 Å². The fraction of sp³-hybridized carbons (Fsp3) is 0.303. The van der Waals surface area contributed by atoms with Crippen LogP contribution in [-0.4, -0.2) is 72.6 Å². The van der Waals surface area contributed by atoms with E-state index in [0.29, 0.717) is 18.9 Å². The number of hydrogen-bond acceptors (Lipinski definition) is 7. The third kappa shape index (κ3) is 7.67. The first kappa shape index (κ1) is 27.8. The minimum atomic E-state index is -0.557. The molecule has 2 heterocycles. The zero-order valence-electron chi connectivity index (χ0n) is 22.9. The minimum Gasteiger partial charge on any atom is -0.491 e. The van der Waals surface area contributed by atoms with Gasteiger partial charge in [-0.1, -0.05) is 84.0 Å². The van der Waals surface area contributed by atoms with Crippen molar-refractivity contribution < 1.29 is 19.1 Å². The van der Waals surface area contributed by atoms with Gasteiger partial charge < -0.3 is 19.1 Å². The Morgan fingerprint density at radius 2 is 1.52 bits per heavy atom. The van der Waals surface area contributed by atoms with Crippen LogP contribution in [0.5, 0.6) is 5.75 Å². The van der Waals surface area contributed by atoms with E-state index in [-0.39, 0.29) is 12.6 Å². The second kappa shape index (κ2) is 14.1. The van der Waals surface area contributed by atoms with Crippen LogP contribution in [0.3, 0.4) is 0 Å². The Balaban J connectivity index is 1.08. The summed E-state index contributed by atoms with van der Waals surface area (Å²) in [5.74, 6) is 1.41. The number of aliphatic hydroxyl groups is 1. The number of rotatable bonds is 12. The van der Waals surface area contributed by atoms with Gasteiger partial charge in [-0.3, -0.25) is 9.80 Å². The molecule has 0 amide bonds. The van der Waals surface area contributed by atoms with Gasteiger partial charge in [0.05, 0.1) is 12.6 Å². The average molecular weight is 540 g/mol. The quantitative estimate of drug-likeness (QED) is 0.267. The van der Waals surface area contributed by atoms with Crippen molar-refractivity contribution in [2.45, 2.75) is 18.8 Å². The van der Waals surface area contributed by atoms with E-state index < -0.39 is 6.10 Å². The highest BCUT2D eigenvalue weighted by Gasteiger charge is 2.27.